The van der Waals surface area contributed by atoms with Gasteiger partial charge in [-0.2, -0.15) is 0 Å². The highest BCUT2D eigenvalue weighted by Crippen LogP contribution is 2.16. The largest absolute Gasteiger partial charge is 0.323 e. The molecule has 1 aliphatic rings. The van der Waals surface area contributed by atoms with Crippen molar-refractivity contribution in [2.75, 3.05) is 25.5 Å². The van der Waals surface area contributed by atoms with E-state index >= 15 is 0 Å². The van der Waals surface area contributed by atoms with Gasteiger partial charge in [0.2, 0.25) is 0 Å². The highest BCUT2D eigenvalue weighted by Gasteiger charge is 2.24. The maximum Gasteiger partial charge on any atom is 0.321 e. The Morgan fingerprint density at radius 2 is 2.35 bits per heavy atom. The van der Waals surface area contributed by atoms with Crippen LogP contribution in [0.25, 0.3) is 0 Å². The Morgan fingerprint density at radius 3 is 3.00 bits per heavy atom. The molecule has 92 valence electrons. The van der Waals surface area contributed by atoms with Gasteiger partial charge in [-0.05, 0) is 31.7 Å². The minimum atomic E-state index is -0.0648. The van der Waals surface area contributed by atoms with E-state index in [0.29, 0.717) is 11.1 Å². The number of likely N-dealkylation sites (N-methyl/N-ethyl adjacent to an activating group) is 1. The third-order valence-electron chi connectivity index (χ3n) is 2.96. The number of amides is 2. The highest BCUT2D eigenvalue weighted by molar-refractivity contribution is 6.30. The van der Waals surface area contributed by atoms with Gasteiger partial charge in [0.15, 0.2) is 0 Å². The average Bonchev–Trinajstić information content (AvgIpc) is 2.77. The van der Waals surface area contributed by atoms with Gasteiger partial charge in [-0.15, -0.1) is 0 Å². The summed E-state index contributed by atoms with van der Waals surface area (Å²) in [4.78, 5) is 13.7. The molecule has 0 bridgehead atoms. The van der Waals surface area contributed by atoms with Gasteiger partial charge in [0.25, 0.3) is 0 Å². The van der Waals surface area contributed by atoms with Crippen LogP contribution in [0.5, 0.6) is 0 Å². The molecule has 0 saturated carbocycles. The fourth-order valence-electron chi connectivity index (χ4n) is 1.95. The van der Waals surface area contributed by atoms with Gasteiger partial charge in [-0.25, -0.2) is 4.79 Å². The van der Waals surface area contributed by atoms with E-state index in [1.807, 2.05) is 24.1 Å². The quantitative estimate of drug-likeness (QED) is 0.849. The van der Waals surface area contributed by atoms with Crippen LogP contribution in [0.15, 0.2) is 24.3 Å². The lowest BCUT2D eigenvalue weighted by atomic mass is 10.3. The summed E-state index contributed by atoms with van der Waals surface area (Å²) in [5.74, 6) is 0. The van der Waals surface area contributed by atoms with Gasteiger partial charge >= 0.3 is 6.03 Å². The number of rotatable bonds is 2. The predicted octanol–water partition coefficient (Wildman–Crippen LogP) is 2.17. The van der Waals surface area contributed by atoms with E-state index in [1.165, 1.54) is 0 Å². The molecule has 1 saturated heterocycles. The third-order valence-corrected chi connectivity index (χ3v) is 3.19. The zero-order valence-corrected chi connectivity index (χ0v) is 10.5. The first-order valence-corrected chi connectivity index (χ1v) is 6.05. The van der Waals surface area contributed by atoms with Gasteiger partial charge in [0.05, 0.1) is 0 Å². The van der Waals surface area contributed by atoms with E-state index in [4.69, 9.17) is 11.6 Å². The molecule has 1 fully saturated rings. The summed E-state index contributed by atoms with van der Waals surface area (Å²) in [5, 5.41) is 6.65. The van der Waals surface area contributed by atoms with Crippen LogP contribution in [0.1, 0.15) is 6.42 Å². The molecule has 5 heteroatoms. The topological polar surface area (TPSA) is 44.4 Å². The first-order chi connectivity index (χ1) is 8.19. The second-order valence-corrected chi connectivity index (χ2v) is 4.60. The molecule has 1 aromatic rings. The number of likely N-dealkylation sites (tertiary alicyclic amines) is 1. The average molecular weight is 254 g/mol. The Bertz CT molecular complexity index is 410. The van der Waals surface area contributed by atoms with E-state index in [0.717, 1.165) is 25.2 Å². The van der Waals surface area contributed by atoms with Crippen molar-refractivity contribution in [3.8, 4) is 0 Å². The van der Waals surface area contributed by atoms with Crippen LogP contribution in [0.2, 0.25) is 5.02 Å². The van der Waals surface area contributed by atoms with Crippen molar-refractivity contribution in [1.29, 1.82) is 0 Å². The molecule has 2 N–H and O–H groups in total. The number of carbonyl (C=O) groups excluding carboxylic acids is 1. The molecule has 1 atom stereocenters. The van der Waals surface area contributed by atoms with Crippen LogP contribution < -0.4 is 10.6 Å². The smallest absolute Gasteiger partial charge is 0.321 e. The van der Waals surface area contributed by atoms with E-state index in [9.17, 15) is 4.79 Å². The summed E-state index contributed by atoms with van der Waals surface area (Å²) >= 11 is 5.86. The lowest BCUT2D eigenvalue weighted by Crippen LogP contribution is -2.36. The Labute approximate surface area is 106 Å². The Hall–Kier alpha value is -1.26. The van der Waals surface area contributed by atoms with E-state index in [-0.39, 0.29) is 6.03 Å². The molecule has 1 heterocycles. The van der Waals surface area contributed by atoms with Gasteiger partial charge in [0.1, 0.15) is 0 Å². The van der Waals surface area contributed by atoms with E-state index < -0.39 is 0 Å². The number of hydrogen-bond acceptors (Lipinski definition) is 2. The van der Waals surface area contributed by atoms with Crippen LogP contribution >= 0.6 is 11.6 Å². The molecule has 2 rings (SSSR count). The zero-order valence-electron chi connectivity index (χ0n) is 9.74. The molecule has 1 aromatic carbocycles. The summed E-state index contributed by atoms with van der Waals surface area (Å²) < 4.78 is 0. The third kappa shape index (κ3) is 3.11. The SMILES string of the molecule is CNC1CCN(C(=O)Nc2cccc(Cl)c2)C1. The van der Waals surface area contributed by atoms with Crippen molar-refractivity contribution in [1.82, 2.24) is 10.2 Å². The van der Waals surface area contributed by atoms with Crippen molar-refractivity contribution in [3.63, 3.8) is 0 Å². The van der Waals surface area contributed by atoms with Gasteiger partial charge in [-0.1, -0.05) is 17.7 Å². The number of halogens is 1. The fraction of sp³-hybridized carbons (Fsp3) is 0.417. The van der Waals surface area contributed by atoms with Gasteiger partial charge in [0, 0.05) is 29.8 Å². The molecular weight excluding hydrogens is 238 g/mol. The van der Waals surface area contributed by atoms with Crippen molar-refractivity contribution in [3.05, 3.63) is 29.3 Å². The molecule has 2 amide bonds. The summed E-state index contributed by atoms with van der Waals surface area (Å²) in [6.45, 7) is 1.54. The first-order valence-electron chi connectivity index (χ1n) is 5.68. The second kappa shape index (κ2) is 5.38. The predicted molar refractivity (Wildman–Crippen MR) is 69.5 cm³/mol. The number of anilines is 1. The van der Waals surface area contributed by atoms with Gasteiger partial charge < -0.3 is 15.5 Å². The van der Waals surface area contributed by atoms with Crippen molar-refractivity contribution in [2.45, 2.75) is 12.5 Å². The Kier molecular flexibility index (Phi) is 3.86. The molecular formula is C12H16ClN3O. The van der Waals surface area contributed by atoms with Crippen LogP contribution in [-0.4, -0.2) is 37.1 Å². The summed E-state index contributed by atoms with van der Waals surface area (Å²) in [7, 11) is 1.92. The standard InChI is InChI=1S/C12H16ClN3O/c1-14-11-5-6-16(8-11)12(17)15-10-4-2-3-9(13)7-10/h2-4,7,11,14H,5-6,8H2,1H3,(H,15,17). The molecule has 0 aromatic heterocycles. The lowest BCUT2D eigenvalue weighted by molar-refractivity contribution is 0.221. The maximum absolute atomic E-state index is 11.9. The molecule has 17 heavy (non-hydrogen) atoms. The number of nitrogens with one attached hydrogen (secondary N) is 2. The molecule has 4 nitrogen and oxygen atoms in total. The molecule has 1 unspecified atom stereocenters. The van der Waals surface area contributed by atoms with Crippen LogP contribution in [0, 0.1) is 0 Å². The monoisotopic (exact) mass is 253 g/mol. The highest BCUT2D eigenvalue weighted by atomic mass is 35.5. The maximum atomic E-state index is 11.9. The van der Waals surface area contributed by atoms with E-state index in [1.54, 1.807) is 12.1 Å². The first kappa shape index (κ1) is 12.2. The van der Waals surface area contributed by atoms with Crippen LogP contribution in [0.3, 0.4) is 0 Å². The number of nitrogens with zero attached hydrogens (tertiary/aromatic N) is 1. The van der Waals surface area contributed by atoms with Crippen molar-refractivity contribution in [2.24, 2.45) is 0 Å². The van der Waals surface area contributed by atoms with Crippen LogP contribution in [-0.2, 0) is 0 Å². The zero-order chi connectivity index (χ0) is 12.3. The summed E-state index contributed by atoms with van der Waals surface area (Å²) in [6.07, 6.45) is 0.999. The molecule has 0 radical (unpaired) electrons. The van der Waals surface area contributed by atoms with Crippen molar-refractivity contribution >= 4 is 23.3 Å². The number of urea groups is 1. The Morgan fingerprint density at radius 1 is 1.53 bits per heavy atom. The number of hydrogen-bond donors (Lipinski definition) is 2. The summed E-state index contributed by atoms with van der Waals surface area (Å²) in [5.41, 5.74) is 0.732. The fourth-order valence-corrected chi connectivity index (χ4v) is 2.14. The summed E-state index contributed by atoms with van der Waals surface area (Å²) in [6, 6.07) is 7.51. The lowest BCUT2D eigenvalue weighted by Gasteiger charge is -2.17. The Balaban J connectivity index is 1.93. The van der Waals surface area contributed by atoms with Gasteiger partial charge in [-0.3, -0.25) is 0 Å². The number of carbonyl (C=O) groups is 1. The minimum Gasteiger partial charge on any atom is -0.323 e. The second-order valence-electron chi connectivity index (χ2n) is 4.16. The normalized spacial score (nSPS) is 19.4. The molecule has 0 spiro atoms. The molecule has 0 aliphatic carbocycles. The van der Waals surface area contributed by atoms with E-state index in [2.05, 4.69) is 10.6 Å². The molecule has 1 aliphatic heterocycles. The number of benzene rings is 1. The minimum absolute atomic E-state index is 0.0648. The van der Waals surface area contributed by atoms with Crippen molar-refractivity contribution < 1.29 is 4.79 Å². The van der Waals surface area contributed by atoms with Crippen LogP contribution in [0.4, 0.5) is 10.5 Å².